The number of rotatable bonds is 63. The largest absolute Gasteiger partial charge is 0.464 e. The molecule has 10 nitrogen and oxygen atoms in total. The third-order valence-corrected chi connectivity index (χ3v) is 19.2. The number of aliphatic hydroxyl groups excluding tert-OH is 4. The Labute approximate surface area is 499 Å². The van der Waals surface area contributed by atoms with Gasteiger partial charge in [0.25, 0.3) is 0 Å². The Bertz CT molecular complexity index is 1180. The molecule has 0 bridgehead atoms. The van der Waals surface area contributed by atoms with Gasteiger partial charge in [0.2, 0.25) is 0 Å². The van der Waals surface area contributed by atoms with E-state index in [-0.39, 0.29) is 18.2 Å². The van der Waals surface area contributed by atoms with Crippen molar-refractivity contribution in [2.45, 2.75) is 328 Å². The molecule has 0 aromatic heterocycles. The molecule has 0 aromatic carbocycles. The van der Waals surface area contributed by atoms with Gasteiger partial charge in [0.05, 0.1) is 24.4 Å². The smallest absolute Gasteiger partial charge is 0.305 e. The molecule has 12 heteroatoms. The van der Waals surface area contributed by atoms with Crippen LogP contribution in [0.3, 0.4) is 0 Å². The van der Waals surface area contributed by atoms with Crippen molar-refractivity contribution in [2.24, 2.45) is 0 Å². The van der Waals surface area contributed by atoms with Gasteiger partial charge in [-0.15, -0.1) is 0 Å². The van der Waals surface area contributed by atoms with Crippen LogP contribution in [0.1, 0.15) is 304 Å². The third-order valence-electron chi connectivity index (χ3n) is 16.7. The highest BCUT2D eigenvalue weighted by Crippen LogP contribution is 2.23. The van der Waals surface area contributed by atoms with Gasteiger partial charge in [-0.05, 0) is 51.6 Å². The van der Waals surface area contributed by atoms with Crippen molar-refractivity contribution in [3.05, 3.63) is 0 Å². The highest BCUT2D eigenvalue weighted by molar-refractivity contribution is 8.76. The zero-order valence-electron chi connectivity index (χ0n) is 53.0. The lowest BCUT2D eigenvalue weighted by Crippen LogP contribution is -2.47. The number of hydrogen-bond donors (Lipinski definition) is 4. The minimum absolute atomic E-state index is 0.144. The van der Waals surface area contributed by atoms with Crippen molar-refractivity contribution >= 4 is 27.6 Å². The Morgan fingerprint density at radius 3 is 0.987 bits per heavy atom. The predicted octanol–water partition coefficient (Wildman–Crippen LogP) is 16.4. The van der Waals surface area contributed by atoms with E-state index in [1.54, 1.807) is 0 Å². The van der Waals surface area contributed by atoms with Crippen molar-refractivity contribution in [1.29, 1.82) is 0 Å². The zero-order valence-corrected chi connectivity index (χ0v) is 54.7. The second kappa shape index (κ2) is 59.6. The second-order valence-electron chi connectivity index (χ2n) is 24.6. The van der Waals surface area contributed by atoms with E-state index in [1.165, 1.54) is 205 Å². The first-order valence-corrected chi connectivity index (χ1v) is 37.2. The predicted molar refractivity (Wildman–Crippen MR) is 347 cm³/mol. The minimum atomic E-state index is -0.404. The summed E-state index contributed by atoms with van der Waals surface area (Å²) in [4.78, 5) is 22.4. The topological polar surface area (TPSA) is 120 Å². The van der Waals surface area contributed by atoms with Crippen LogP contribution in [0.5, 0.6) is 0 Å². The van der Waals surface area contributed by atoms with Crippen molar-refractivity contribution in [3.8, 4) is 0 Å². The summed E-state index contributed by atoms with van der Waals surface area (Å²) in [6, 6.07) is 0. The van der Waals surface area contributed by atoms with Crippen LogP contribution in [0.2, 0.25) is 0 Å². The summed E-state index contributed by atoms with van der Waals surface area (Å²) in [5, 5.41) is 44.2. The zero-order chi connectivity index (χ0) is 57.3. The first-order chi connectivity index (χ1) is 38.7. The molecule has 1 heterocycles. The number of unbranched alkanes of at least 4 members (excludes halogenated alkanes) is 32. The van der Waals surface area contributed by atoms with Crippen LogP contribution in [0.4, 0.5) is 0 Å². The number of nitrogens with zero attached hydrogens (tertiary/aromatic N) is 4. The monoisotopic (exact) mass is 1160 g/mol. The summed E-state index contributed by atoms with van der Waals surface area (Å²) in [7, 11) is 3.95. The van der Waals surface area contributed by atoms with E-state index in [9.17, 15) is 25.2 Å². The molecule has 79 heavy (non-hydrogen) atoms. The molecular weight excluding hydrogens is 1020 g/mol. The van der Waals surface area contributed by atoms with Gasteiger partial charge in [-0.1, -0.05) is 280 Å². The standard InChI is InChI=1S/C67H136N4O6S2/c1-5-9-13-17-21-25-27-31-35-39-45-65(74)61-71(62-66(75)46-40-36-32-28-26-22-18-14-10-6-2)49-42-57-78-79-58-55-69-52-50-68(51-53-69)54-56-77-67(76)47-41-48-70(59-63(72)43-37-33-29-23-19-15-11-7-3)60-64(73)44-38-34-30-24-20-16-12-8-4/h63-66,72-75H,5-62H2,1-4H3. The van der Waals surface area contributed by atoms with Crippen LogP contribution in [-0.2, 0) is 9.53 Å². The molecule has 0 amide bonds. The van der Waals surface area contributed by atoms with Crippen molar-refractivity contribution in [3.63, 3.8) is 0 Å². The fourth-order valence-electron chi connectivity index (χ4n) is 11.5. The van der Waals surface area contributed by atoms with Crippen molar-refractivity contribution < 1.29 is 30.0 Å². The van der Waals surface area contributed by atoms with E-state index in [0.29, 0.717) is 52.2 Å². The third kappa shape index (κ3) is 53.1. The summed E-state index contributed by atoms with van der Waals surface area (Å²) < 4.78 is 5.73. The Balaban J connectivity index is 2.38. The maximum absolute atomic E-state index is 12.9. The summed E-state index contributed by atoms with van der Waals surface area (Å²) in [6.07, 6.45) is 50.3. The second-order valence-corrected chi connectivity index (χ2v) is 27.3. The highest BCUT2D eigenvalue weighted by Gasteiger charge is 2.20. The molecule has 0 saturated carbocycles. The summed E-state index contributed by atoms with van der Waals surface area (Å²) in [6.45, 7) is 19.5. The summed E-state index contributed by atoms with van der Waals surface area (Å²) in [5.41, 5.74) is 0. The molecule has 4 atom stereocenters. The van der Waals surface area contributed by atoms with Crippen LogP contribution in [0.15, 0.2) is 0 Å². The molecule has 0 radical (unpaired) electrons. The lowest BCUT2D eigenvalue weighted by molar-refractivity contribution is -0.144. The fraction of sp³-hybridized carbons (Fsp3) is 0.985. The normalized spacial score (nSPS) is 15.2. The van der Waals surface area contributed by atoms with Gasteiger partial charge in [0, 0.05) is 83.4 Å². The average molecular weight is 1160 g/mol. The quantitative estimate of drug-likeness (QED) is 0.0264. The number of hydrogen-bond acceptors (Lipinski definition) is 12. The molecular formula is C67H136N4O6S2. The van der Waals surface area contributed by atoms with Crippen molar-refractivity contribution in [1.82, 2.24) is 19.6 Å². The van der Waals surface area contributed by atoms with E-state index >= 15 is 0 Å². The lowest BCUT2D eigenvalue weighted by Gasteiger charge is -2.34. The molecule has 1 saturated heterocycles. The number of aliphatic hydroxyl groups is 4. The van der Waals surface area contributed by atoms with E-state index in [1.807, 2.05) is 21.6 Å². The average Bonchev–Trinajstić information content (AvgIpc) is 3.43. The first kappa shape index (κ1) is 76.9. The number of esters is 1. The van der Waals surface area contributed by atoms with Crippen LogP contribution in [0, 0.1) is 0 Å². The Morgan fingerprint density at radius 1 is 0.380 bits per heavy atom. The van der Waals surface area contributed by atoms with Gasteiger partial charge in [-0.25, -0.2) is 0 Å². The SMILES string of the molecule is CCCCCCCCCCCCC(O)CN(CCCSSCCN1CCN(CCOC(=O)CCCN(CC(O)CCCCCCCCCC)CC(O)CCCCCCCCCC)CC1)CC(O)CCCCCCCCCCCC. The highest BCUT2D eigenvalue weighted by atomic mass is 33.1. The Hall–Kier alpha value is -0.150. The van der Waals surface area contributed by atoms with Crippen LogP contribution < -0.4 is 0 Å². The summed E-state index contributed by atoms with van der Waals surface area (Å²) in [5.74, 6) is 2.05. The van der Waals surface area contributed by atoms with Gasteiger partial charge in [0.1, 0.15) is 6.61 Å². The summed E-state index contributed by atoms with van der Waals surface area (Å²) >= 11 is 0. The maximum atomic E-state index is 12.9. The van der Waals surface area contributed by atoms with Crippen LogP contribution in [0.25, 0.3) is 0 Å². The molecule has 0 aromatic rings. The van der Waals surface area contributed by atoms with E-state index < -0.39 is 12.2 Å². The molecule has 1 aliphatic rings. The molecule has 472 valence electrons. The van der Waals surface area contributed by atoms with Crippen LogP contribution in [-0.4, -0.2) is 167 Å². The lowest BCUT2D eigenvalue weighted by atomic mass is 10.0. The van der Waals surface area contributed by atoms with E-state index in [2.05, 4.69) is 47.3 Å². The molecule has 4 N–H and O–H groups in total. The first-order valence-electron chi connectivity index (χ1n) is 34.7. The molecule has 4 unspecified atom stereocenters. The van der Waals surface area contributed by atoms with Gasteiger partial charge >= 0.3 is 5.97 Å². The molecule has 0 spiro atoms. The fourth-order valence-corrected chi connectivity index (χ4v) is 13.6. The molecule has 1 aliphatic heterocycles. The number of piperazine rings is 1. The van der Waals surface area contributed by atoms with Gasteiger partial charge < -0.3 is 25.2 Å². The van der Waals surface area contributed by atoms with Gasteiger partial charge in [0.15, 0.2) is 0 Å². The minimum Gasteiger partial charge on any atom is -0.464 e. The van der Waals surface area contributed by atoms with Gasteiger partial charge in [-0.2, -0.15) is 0 Å². The van der Waals surface area contributed by atoms with E-state index in [4.69, 9.17) is 4.74 Å². The van der Waals surface area contributed by atoms with Gasteiger partial charge in [-0.3, -0.25) is 24.4 Å². The molecule has 1 fully saturated rings. The maximum Gasteiger partial charge on any atom is 0.305 e. The Morgan fingerprint density at radius 2 is 0.658 bits per heavy atom. The number of ether oxygens (including phenoxy) is 1. The number of carbonyl (C=O) groups is 1. The van der Waals surface area contributed by atoms with Crippen LogP contribution >= 0.6 is 21.6 Å². The van der Waals surface area contributed by atoms with Crippen molar-refractivity contribution in [2.75, 3.05) is 96.6 Å². The van der Waals surface area contributed by atoms with E-state index in [0.717, 1.165) is 115 Å². The molecule has 0 aliphatic carbocycles. The molecule has 1 rings (SSSR count). The number of carbonyl (C=O) groups excluding carboxylic acids is 1. The Kier molecular flexibility index (Phi) is 58.0.